The van der Waals surface area contributed by atoms with Gasteiger partial charge < -0.3 is 10.1 Å². The molecule has 0 heterocycles. The summed E-state index contributed by atoms with van der Waals surface area (Å²) in [6, 6.07) is 24.9. The lowest BCUT2D eigenvalue weighted by molar-refractivity contribution is -0.119. The van der Waals surface area contributed by atoms with Gasteiger partial charge in [-0.25, -0.2) is 4.79 Å². The van der Waals surface area contributed by atoms with Crippen molar-refractivity contribution in [2.75, 3.05) is 11.9 Å². The van der Waals surface area contributed by atoms with E-state index in [0.29, 0.717) is 27.9 Å². The van der Waals surface area contributed by atoms with Crippen LogP contribution in [0, 0.1) is 11.3 Å². The summed E-state index contributed by atoms with van der Waals surface area (Å²) < 4.78 is 5.16. The van der Waals surface area contributed by atoms with Crippen LogP contribution in [0.25, 0.3) is 11.1 Å². The SMILES string of the molecule is N#Cc1ccccc1-c1ccccc1C(=O)OCC(=O)Nc1ccccc1. The molecule has 1 N–H and O–H groups in total. The van der Waals surface area contributed by atoms with Gasteiger partial charge >= 0.3 is 5.97 Å². The number of rotatable bonds is 5. The van der Waals surface area contributed by atoms with Crippen LogP contribution in [0.3, 0.4) is 0 Å². The maximum absolute atomic E-state index is 12.5. The molecule has 0 bridgehead atoms. The monoisotopic (exact) mass is 356 g/mol. The number of hydrogen-bond donors (Lipinski definition) is 1. The third-order valence-electron chi connectivity index (χ3n) is 3.88. The van der Waals surface area contributed by atoms with Crippen molar-refractivity contribution in [2.24, 2.45) is 0 Å². The first-order valence-electron chi connectivity index (χ1n) is 8.29. The summed E-state index contributed by atoms with van der Waals surface area (Å²) in [6.45, 7) is -0.401. The number of ether oxygens (including phenoxy) is 1. The fourth-order valence-corrected chi connectivity index (χ4v) is 2.64. The molecular weight excluding hydrogens is 340 g/mol. The maximum atomic E-state index is 12.5. The smallest absolute Gasteiger partial charge is 0.339 e. The number of carbonyl (C=O) groups is 2. The summed E-state index contributed by atoms with van der Waals surface area (Å²) in [7, 11) is 0. The molecule has 3 aromatic carbocycles. The van der Waals surface area contributed by atoms with E-state index in [2.05, 4.69) is 11.4 Å². The number of nitrogens with zero attached hydrogens (tertiary/aromatic N) is 1. The number of benzene rings is 3. The third-order valence-corrected chi connectivity index (χ3v) is 3.88. The Bertz CT molecular complexity index is 1010. The van der Waals surface area contributed by atoms with Gasteiger partial charge in [0.05, 0.1) is 17.2 Å². The van der Waals surface area contributed by atoms with Crippen molar-refractivity contribution in [1.29, 1.82) is 5.26 Å². The van der Waals surface area contributed by atoms with Crippen molar-refractivity contribution in [2.45, 2.75) is 0 Å². The first-order chi connectivity index (χ1) is 13.2. The molecule has 0 fully saturated rings. The molecule has 0 saturated heterocycles. The summed E-state index contributed by atoms with van der Waals surface area (Å²) in [4.78, 5) is 24.5. The summed E-state index contributed by atoms with van der Waals surface area (Å²) in [5.41, 5.74) is 2.61. The van der Waals surface area contributed by atoms with E-state index in [0.717, 1.165) is 0 Å². The van der Waals surface area contributed by atoms with Crippen LogP contribution in [0.5, 0.6) is 0 Å². The van der Waals surface area contributed by atoms with E-state index >= 15 is 0 Å². The van der Waals surface area contributed by atoms with Crippen LogP contribution in [0.15, 0.2) is 78.9 Å². The number of nitrogens with one attached hydrogen (secondary N) is 1. The topological polar surface area (TPSA) is 79.2 Å². The Morgan fingerprint density at radius 2 is 1.48 bits per heavy atom. The van der Waals surface area contributed by atoms with Gasteiger partial charge in [0.25, 0.3) is 5.91 Å². The van der Waals surface area contributed by atoms with E-state index < -0.39 is 18.5 Å². The van der Waals surface area contributed by atoms with Gasteiger partial charge in [-0.05, 0) is 29.8 Å². The van der Waals surface area contributed by atoms with Gasteiger partial charge in [-0.3, -0.25) is 4.79 Å². The average molecular weight is 356 g/mol. The van der Waals surface area contributed by atoms with Gasteiger partial charge in [-0.1, -0.05) is 54.6 Å². The highest BCUT2D eigenvalue weighted by Gasteiger charge is 2.17. The average Bonchev–Trinajstić information content (AvgIpc) is 2.72. The summed E-state index contributed by atoms with van der Waals surface area (Å²) in [5.74, 6) is -1.05. The third kappa shape index (κ3) is 4.39. The Morgan fingerprint density at radius 3 is 2.22 bits per heavy atom. The highest BCUT2D eigenvalue weighted by molar-refractivity contribution is 6.00. The molecule has 0 unspecified atom stereocenters. The first-order valence-corrected chi connectivity index (χ1v) is 8.29. The highest BCUT2D eigenvalue weighted by Crippen LogP contribution is 2.27. The van der Waals surface area contributed by atoms with Crippen molar-refractivity contribution in [3.05, 3.63) is 90.0 Å². The molecule has 5 heteroatoms. The van der Waals surface area contributed by atoms with Crippen molar-refractivity contribution in [3.8, 4) is 17.2 Å². The number of para-hydroxylation sites is 1. The Labute approximate surface area is 156 Å². The molecule has 5 nitrogen and oxygen atoms in total. The molecule has 3 aromatic rings. The van der Waals surface area contributed by atoms with Crippen molar-refractivity contribution >= 4 is 17.6 Å². The number of anilines is 1. The lowest BCUT2D eigenvalue weighted by atomic mass is 9.96. The Balaban J connectivity index is 1.74. The van der Waals surface area contributed by atoms with E-state index in [-0.39, 0.29) is 0 Å². The van der Waals surface area contributed by atoms with Gasteiger partial charge in [0.1, 0.15) is 0 Å². The van der Waals surface area contributed by atoms with E-state index in [1.807, 2.05) is 6.07 Å². The molecule has 0 spiro atoms. The molecule has 0 aliphatic rings. The maximum Gasteiger partial charge on any atom is 0.339 e. The second-order valence-electron chi connectivity index (χ2n) is 5.69. The molecule has 0 aromatic heterocycles. The minimum absolute atomic E-state index is 0.299. The minimum atomic E-state index is -0.624. The molecule has 0 saturated carbocycles. The van der Waals surface area contributed by atoms with Crippen LogP contribution in [0.1, 0.15) is 15.9 Å². The van der Waals surface area contributed by atoms with Crippen LogP contribution in [0.2, 0.25) is 0 Å². The zero-order valence-corrected chi connectivity index (χ0v) is 14.4. The molecule has 27 heavy (non-hydrogen) atoms. The number of amides is 1. The van der Waals surface area contributed by atoms with Crippen molar-refractivity contribution in [3.63, 3.8) is 0 Å². The largest absolute Gasteiger partial charge is 0.452 e. The number of nitriles is 1. The molecule has 3 rings (SSSR count). The van der Waals surface area contributed by atoms with E-state index in [1.165, 1.54) is 0 Å². The second-order valence-corrected chi connectivity index (χ2v) is 5.69. The number of esters is 1. The lowest BCUT2D eigenvalue weighted by Crippen LogP contribution is -2.21. The number of carbonyl (C=O) groups excluding carboxylic acids is 2. The zero-order chi connectivity index (χ0) is 19.1. The van der Waals surface area contributed by atoms with Gasteiger partial charge in [0.15, 0.2) is 6.61 Å². The van der Waals surface area contributed by atoms with E-state index in [9.17, 15) is 14.9 Å². The van der Waals surface area contributed by atoms with Crippen LogP contribution in [-0.4, -0.2) is 18.5 Å². The van der Waals surface area contributed by atoms with Gasteiger partial charge in [-0.2, -0.15) is 5.26 Å². The Kier molecular flexibility index (Phi) is 5.60. The molecule has 1 amide bonds. The molecule has 0 atom stereocenters. The lowest BCUT2D eigenvalue weighted by Gasteiger charge is -2.11. The van der Waals surface area contributed by atoms with E-state index in [1.54, 1.807) is 72.8 Å². The summed E-state index contributed by atoms with van der Waals surface area (Å²) in [6.07, 6.45) is 0. The fraction of sp³-hybridized carbons (Fsp3) is 0.0455. The van der Waals surface area contributed by atoms with Gasteiger partial charge in [0.2, 0.25) is 0 Å². The van der Waals surface area contributed by atoms with Crippen LogP contribution in [0.4, 0.5) is 5.69 Å². The Morgan fingerprint density at radius 1 is 0.852 bits per heavy atom. The quantitative estimate of drug-likeness (QED) is 0.700. The Hall–Kier alpha value is -3.91. The van der Waals surface area contributed by atoms with Crippen molar-refractivity contribution < 1.29 is 14.3 Å². The molecule has 0 aliphatic carbocycles. The minimum Gasteiger partial charge on any atom is -0.452 e. The van der Waals surface area contributed by atoms with Crippen LogP contribution < -0.4 is 5.32 Å². The van der Waals surface area contributed by atoms with Gasteiger partial charge in [-0.15, -0.1) is 0 Å². The normalized spacial score (nSPS) is 9.89. The summed E-state index contributed by atoms with van der Waals surface area (Å²) >= 11 is 0. The molecular formula is C22H16N2O3. The molecule has 132 valence electrons. The highest BCUT2D eigenvalue weighted by atomic mass is 16.5. The van der Waals surface area contributed by atoms with Gasteiger partial charge in [0, 0.05) is 11.3 Å². The van der Waals surface area contributed by atoms with E-state index in [4.69, 9.17) is 4.74 Å². The molecule has 0 radical (unpaired) electrons. The predicted molar refractivity (Wildman–Crippen MR) is 102 cm³/mol. The van der Waals surface area contributed by atoms with Crippen LogP contribution in [-0.2, 0) is 9.53 Å². The molecule has 0 aliphatic heterocycles. The van der Waals surface area contributed by atoms with Crippen molar-refractivity contribution in [1.82, 2.24) is 0 Å². The first kappa shape index (κ1) is 17.9. The zero-order valence-electron chi connectivity index (χ0n) is 14.4. The predicted octanol–water partition coefficient (Wildman–Crippen LogP) is 4.02. The fourth-order valence-electron chi connectivity index (χ4n) is 2.64. The summed E-state index contributed by atoms with van der Waals surface area (Å²) in [5, 5.41) is 12.0. The number of hydrogen-bond acceptors (Lipinski definition) is 4. The standard InChI is InChI=1S/C22H16N2O3/c23-14-16-8-4-5-11-18(16)19-12-6-7-13-20(19)22(26)27-15-21(25)24-17-9-2-1-3-10-17/h1-13H,15H2,(H,24,25). The second kappa shape index (κ2) is 8.45. The van der Waals surface area contributed by atoms with Crippen LogP contribution >= 0.6 is 0 Å².